The van der Waals surface area contributed by atoms with Gasteiger partial charge in [-0.05, 0) is 47.4 Å². The number of hydrogen-bond donors (Lipinski definition) is 1. The lowest BCUT2D eigenvalue weighted by Gasteiger charge is -2.39. The lowest BCUT2D eigenvalue weighted by molar-refractivity contribution is 0.0143. The van der Waals surface area contributed by atoms with Crippen molar-refractivity contribution in [3.05, 3.63) is 62.9 Å². The van der Waals surface area contributed by atoms with E-state index in [1.807, 2.05) is 13.8 Å². The van der Waals surface area contributed by atoms with E-state index in [1.54, 1.807) is 24.3 Å². The molecule has 0 aliphatic carbocycles. The predicted octanol–water partition coefficient (Wildman–Crippen LogP) is 4.62. The van der Waals surface area contributed by atoms with E-state index in [0.717, 1.165) is 11.1 Å². The van der Waals surface area contributed by atoms with Crippen molar-refractivity contribution in [1.29, 1.82) is 0 Å². The first-order valence-corrected chi connectivity index (χ1v) is 9.45. The largest absolute Gasteiger partial charge is 0.488 e. The van der Waals surface area contributed by atoms with E-state index >= 15 is 0 Å². The van der Waals surface area contributed by atoms with Crippen LogP contribution in [0, 0.1) is 5.82 Å². The van der Waals surface area contributed by atoms with Crippen molar-refractivity contribution in [1.82, 2.24) is 4.90 Å². The first-order chi connectivity index (χ1) is 12.7. The monoisotopic (exact) mass is 410 g/mol. The second-order valence-electron chi connectivity index (χ2n) is 7.09. The number of primary amides is 1. The van der Waals surface area contributed by atoms with Crippen molar-refractivity contribution in [3.63, 3.8) is 0 Å². The maximum Gasteiger partial charge on any atom is 0.251 e. The Bertz CT molecular complexity index is 847. The summed E-state index contributed by atoms with van der Waals surface area (Å²) < 4.78 is 20.1. The summed E-state index contributed by atoms with van der Waals surface area (Å²) in [6, 6.07) is 8.09. The van der Waals surface area contributed by atoms with E-state index in [2.05, 4.69) is 4.90 Å². The first-order valence-electron chi connectivity index (χ1n) is 8.70. The fourth-order valence-corrected chi connectivity index (χ4v) is 3.76. The molecule has 0 aromatic heterocycles. The second-order valence-corrected chi connectivity index (χ2v) is 7.96. The fraction of sp³-hybridized carbons (Fsp3) is 0.350. The van der Waals surface area contributed by atoms with Gasteiger partial charge in [-0.1, -0.05) is 37.0 Å². The minimum absolute atomic E-state index is 0.0248. The molecule has 0 radical (unpaired) electrons. The number of halogens is 3. The Hall–Kier alpha value is -1.82. The number of amides is 1. The van der Waals surface area contributed by atoms with Gasteiger partial charge in [0.15, 0.2) is 0 Å². The van der Waals surface area contributed by atoms with Gasteiger partial charge in [-0.15, -0.1) is 0 Å². The highest BCUT2D eigenvalue weighted by Crippen LogP contribution is 2.29. The molecule has 1 aliphatic heterocycles. The van der Waals surface area contributed by atoms with Crippen LogP contribution >= 0.6 is 23.2 Å². The van der Waals surface area contributed by atoms with Crippen molar-refractivity contribution >= 4 is 29.1 Å². The molecule has 1 heterocycles. The molecule has 0 bridgehead atoms. The Labute approximate surface area is 168 Å². The highest BCUT2D eigenvalue weighted by molar-refractivity contribution is 6.34. The molecule has 3 rings (SSSR count). The van der Waals surface area contributed by atoms with Crippen molar-refractivity contribution in [2.75, 3.05) is 13.1 Å². The average molecular weight is 411 g/mol. The van der Waals surface area contributed by atoms with E-state index in [-0.39, 0.29) is 17.6 Å². The van der Waals surface area contributed by atoms with Crippen LogP contribution in [0.1, 0.15) is 41.3 Å². The molecule has 0 atom stereocenters. The number of hydrogen-bond acceptors (Lipinski definition) is 3. The average Bonchev–Trinajstić information content (AvgIpc) is 2.51. The minimum atomic E-state index is -0.751. The highest BCUT2D eigenvalue weighted by Gasteiger charge is 2.29. The van der Waals surface area contributed by atoms with Gasteiger partial charge in [0.25, 0.3) is 5.91 Å². The molecule has 1 fully saturated rings. The normalized spacial score (nSPS) is 15.0. The van der Waals surface area contributed by atoms with Gasteiger partial charge in [-0.3, -0.25) is 9.69 Å². The SMILES string of the molecule is CC(C)c1cc(C(N)=O)c(F)cc1CN1CC(Oc2cc(Cl)cc(Cl)c2)C1. The Morgan fingerprint density at radius 3 is 2.41 bits per heavy atom. The molecule has 2 aromatic rings. The molecule has 144 valence electrons. The molecule has 0 saturated carbocycles. The molecule has 2 aromatic carbocycles. The molecule has 0 unspecified atom stereocenters. The lowest BCUT2D eigenvalue weighted by Crippen LogP contribution is -2.53. The van der Waals surface area contributed by atoms with Crippen LogP contribution in [0.5, 0.6) is 5.75 Å². The van der Waals surface area contributed by atoms with Crippen molar-refractivity contribution in [2.45, 2.75) is 32.4 Å². The van der Waals surface area contributed by atoms with Crippen LogP contribution in [-0.2, 0) is 6.54 Å². The van der Waals surface area contributed by atoms with Gasteiger partial charge in [-0.25, -0.2) is 4.39 Å². The summed E-state index contributed by atoms with van der Waals surface area (Å²) in [5.41, 5.74) is 6.98. The van der Waals surface area contributed by atoms with E-state index < -0.39 is 11.7 Å². The molecule has 27 heavy (non-hydrogen) atoms. The molecule has 1 saturated heterocycles. The number of rotatable bonds is 6. The quantitative estimate of drug-likeness (QED) is 0.755. The van der Waals surface area contributed by atoms with Crippen LogP contribution in [0.15, 0.2) is 30.3 Å². The molecule has 4 nitrogen and oxygen atoms in total. The van der Waals surface area contributed by atoms with Gasteiger partial charge in [0.1, 0.15) is 17.7 Å². The zero-order valence-electron chi connectivity index (χ0n) is 15.1. The van der Waals surface area contributed by atoms with Gasteiger partial charge in [-0.2, -0.15) is 0 Å². The summed E-state index contributed by atoms with van der Waals surface area (Å²) in [7, 11) is 0. The number of ether oxygens (including phenoxy) is 1. The third kappa shape index (κ3) is 4.72. The van der Waals surface area contributed by atoms with Crippen molar-refractivity contribution in [3.8, 4) is 5.75 Å². The van der Waals surface area contributed by atoms with Crippen LogP contribution in [-0.4, -0.2) is 30.0 Å². The van der Waals surface area contributed by atoms with Crippen LogP contribution < -0.4 is 10.5 Å². The first kappa shape index (κ1) is 19.9. The van der Waals surface area contributed by atoms with E-state index in [4.69, 9.17) is 33.7 Å². The molecular weight excluding hydrogens is 390 g/mol. The molecular formula is C20H21Cl2FN2O2. The standard InChI is InChI=1S/C20H21Cl2FN2O2/c1-11(2)17-7-18(20(24)26)19(23)3-12(17)8-25-9-16(10-25)27-15-5-13(21)4-14(22)6-15/h3-7,11,16H,8-10H2,1-2H3,(H2,24,26). The zero-order chi connectivity index (χ0) is 19.7. The van der Waals surface area contributed by atoms with Gasteiger partial charge in [0, 0.05) is 29.7 Å². The summed E-state index contributed by atoms with van der Waals surface area (Å²) in [5.74, 6) is -0.542. The van der Waals surface area contributed by atoms with Crippen LogP contribution in [0.2, 0.25) is 10.0 Å². The van der Waals surface area contributed by atoms with Crippen molar-refractivity contribution in [2.24, 2.45) is 5.73 Å². The van der Waals surface area contributed by atoms with Gasteiger partial charge in [0.2, 0.25) is 0 Å². The Morgan fingerprint density at radius 1 is 1.22 bits per heavy atom. The van der Waals surface area contributed by atoms with Crippen LogP contribution in [0.25, 0.3) is 0 Å². The van der Waals surface area contributed by atoms with Gasteiger partial charge >= 0.3 is 0 Å². The van der Waals surface area contributed by atoms with Crippen LogP contribution in [0.3, 0.4) is 0 Å². The summed E-state index contributed by atoms with van der Waals surface area (Å²) in [6.45, 7) is 6.01. The van der Waals surface area contributed by atoms with E-state index in [0.29, 0.717) is 35.4 Å². The summed E-state index contributed by atoms with van der Waals surface area (Å²) in [6.07, 6.45) is 0.0248. The van der Waals surface area contributed by atoms with Gasteiger partial charge < -0.3 is 10.5 Å². The summed E-state index contributed by atoms with van der Waals surface area (Å²) in [5, 5.41) is 1.06. The highest BCUT2D eigenvalue weighted by atomic mass is 35.5. The summed E-state index contributed by atoms with van der Waals surface area (Å²) >= 11 is 12.0. The Morgan fingerprint density at radius 2 is 1.85 bits per heavy atom. The topological polar surface area (TPSA) is 55.6 Å². The molecule has 1 amide bonds. The van der Waals surface area contributed by atoms with Crippen molar-refractivity contribution < 1.29 is 13.9 Å². The smallest absolute Gasteiger partial charge is 0.251 e. The third-order valence-electron chi connectivity index (χ3n) is 4.57. The number of likely N-dealkylation sites (tertiary alicyclic amines) is 1. The van der Waals surface area contributed by atoms with E-state index in [9.17, 15) is 9.18 Å². The number of benzene rings is 2. The Kier molecular flexibility index (Phi) is 5.94. The Balaban J connectivity index is 1.65. The third-order valence-corrected chi connectivity index (χ3v) is 5.01. The molecule has 7 heteroatoms. The predicted molar refractivity (Wildman–Crippen MR) is 105 cm³/mol. The number of nitrogens with two attached hydrogens (primary N) is 1. The molecule has 2 N–H and O–H groups in total. The number of carbonyl (C=O) groups is 1. The number of carbonyl (C=O) groups excluding carboxylic acids is 1. The fourth-order valence-electron chi connectivity index (χ4n) is 3.25. The second kappa shape index (κ2) is 8.05. The molecule has 0 spiro atoms. The number of nitrogens with zero attached hydrogens (tertiary/aromatic N) is 1. The minimum Gasteiger partial charge on any atom is -0.488 e. The lowest BCUT2D eigenvalue weighted by atomic mass is 9.93. The van der Waals surface area contributed by atoms with Crippen LogP contribution in [0.4, 0.5) is 4.39 Å². The van der Waals surface area contributed by atoms with E-state index in [1.165, 1.54) is 6.07 Å². The molecule has 1 aliphatic rings. The summed E-state index contributed by atoms with van der Waals surface area (Å²) in [4.78, 5) is 13.6. The maximum atomic E-state index is 14.2. The zero-order valence-corrected chi connectivity index (χ0v) is 16.6. The van der Waals surface area contributed by atoms with Gasteiger partial charge in [0.05, 0.1) is 5.56 Å². The maximum absolute atomic E-state index is 14.2.